The Balaban J connectivity index is 2.96. The number of aromatic nitrogens is 1. The third-order valence-corrected chi connectivity index (χ3v) is 3.13. The van der Waals surface area contributed by atoms with Crippen LogP contribution in [0.2, 0.25) is 0 Å². The van der Waals surface area contributed by atoms with Gasteiger partial charge in [-0.25, -0.2) is 9.78 Å². The molecule has 0 aliphatic carbocycles. The van der Waals surface area contributed by atoms with Crippen molar-refractivity contribution in [2.75, 3.05) is 7.05 Å². The summed E-state index contributed by atoms with van der Waals surface area (Å²) in [5.74, 6) is 0. The molecule has 0 fully saturated rings. The predicted molar refractivity (Wildman–Crippen MR) is 69.5 cm³/mol. The Morgan fingerprint density at radius 3 is 2.44 bits per heavy atom. The minimum Gasteiger partial charge on any atom is -0.444 e. The lowest BCUT2D eigenvalue weighted by molar-refractivity contribution is -0.117. The van der Waals surface area contributed by atoms with Crippen molar-refractivity contribution in [2.24, 2.45) is 0 Å². The second-order valence-corrected chi connectivity index (χ2v) is 5.90. The highest BCUT2D eigenvalue weighted by Gasteiger charge is 2.38. The Bertz CT molecular complexity index is 425. The summed E-state index contributed by atoms with van der Waals surface area (Å²) in [6.07, 6.45) is 0.150. The Labute approximate surface area is 111 Å². The maximum Gasteiger partial charge on any atom is 0.411 e. The van der Waals surface area contributed by atoms with Crippen LogP contribution in [0.4, 0.5) is 4.79 Å². The fourth-order valence-corrected chi connectivity index (χ4v) is 1.96. The maximum atomic E-state index is 12.0. The first-order valence-electron chi connectivity index (χ1n) is 5.52. The van der Waals surface area contributed by atoms with E-state index in [4.69, 9.17) is 4.74 Å². The third-order valence-electron chi connectivity index (χ3n) is 2.54. The molecule has 5 nitrogen and oxygen atoms in total. The zero-order valence-electron chi connectivity index (χ0n) is 11.3. The van der Waals surface area contributed by atoms with E-state index in [2.05, 4.69) is 4.98 Å². The van der Waals surface area contributed by atoms with Gasteiger partial charge in [-0.3, -0.25) is 4.90 Å². The molecule has 0 aromatic carbocycles. The van der Waals surface area contributed by atoms with Crippen molar-refractivity contribution >= 4 is 23.7 Å². The molecule has 0 bridgehead atoms. The van der Waals surface area contributed by atoms with Gasteiger partial charge >= 0.3 is 6.09 Å². The average Bonchev–Trinajstić information content (AvgIpc) is 2.78. The van der Waals surface area contributed by atoms with E-state index >= 15 is 0 Å². The molecule has 1 aromatic heterocycles. The minimum atomic E-state index is -1.11. The Hall–Kier alpha value is -1.43. The first kappa shape index (κ1) is 14.6. The largest absolute Gasteiger partial charge is 0.444 e. The van der Waals surface area contributed by atoms with E-state index in [9.17, 15) is 9.59 Å². The molecule has 100 valence electrons. The number of carbonyl (C=O) groups is 2. The molecule has 1 aromatic rings. The number of thiazole rings is 1. The van der Waals surface area contributed by atoms with Crippen molar-refractivity contribution in [3.63, 3.8) is 0 Å². The van der Waals surface area contributed by atoms with Crippen LogP contribution >= 0.6 is 11.3 Å². The highest BCUT2D eigenvalue weighted by Crippen LogP contribution is 2.26. The predicted octanol–water partition coefficient (Wildman–Crippen LogP) is 2.42. The van der Waals surface area contributed by atoms with Gasteiger partial charge in [0, 0.05) is 12.4 Å². The van der Waals surface area contributed by atoms with Crippen molar-refractivity contribution in [3.05, 3.63) is 16.6 Å². The minimum absolute atomic E-state index is 0.538. The number of aldehydes is 1. The highest BCUT2D eigenvalue weighted by atomic mass is 32.1. The summed E-state index contributed by atoms with van der Waals surface area (Å²) in [4.78, 5) is 28.7. The highest BCUT2D eigenvalue weighted by molar-refractivity contribution is 7.07. The first-order valence-corrected chi connectivity index (χ1v) is 6.47. The molecule has 0 spiro atoms. The van der Waals surface area contributed by atoms with Crippen LogP contribution in [0, 0.1) is 0 Å². The topological polar surface area (TPSA) is 59.5 Å². The number of likely N-dealkylation sites (N-methyl/N-ethyl adjacent to an activating group) is 1. The van der Waals surface area contributed by atoms with Crippen LogP contribution in [-0.4, -0.2) is 34.9 Å². The van der Waals surface area contributed by atoms with E-state index in [1.165, 1.54) is 23.3 Å². The van der Waals surface area contributed by atoms with Gasteiger partial charge in [0.1, 0.15) is 11.1 Å². The Morgan fingerprint density at radius 1 is 1.44 bits per heavy atom. The van der Waals surface area contributed by atoms with Crippen LogP contribution in [0.3, 0.4) is 0 Å². The second kappa shape index (κ2) is 5.06. The molecule has 1 unspecified atom stereocenters. The van der Waals surface area contributed by atoms with Crippen LogP contribution in [0.5, 0.6) is 0 Å². The molecule has 0 aliphatic rings. The van der Waals surface area contributed by atoms with Crippen LogP contribution in [0.15, 0.2) is 10.9 Å². The fourth-order valence-electron chi connectivity index (χ4n) is 1.29. The summed E-state index contributed by atoms with van der Waals surface area (Å²) < 4.78 is 5.25. The van der Waals surface area contributed by atoms with E-state index in [1.807, 2.05) is 0 Å². The van der Waals surface area contributed by atoms with Gasteiger partial charge in [-0.05, 0) is 27.7 Å². The zero-order chi connectivity index (χ0) is 14.0. The molecule has 0 saturated carbocycles. The van der Waals surface area contributed by atoms with Gasteiger partial charge in [0.15, 0.2) is 6.29 Å². The molecule has 0 saturated heterocycles. The van der Waals surface area contributed by atoms with Crippen LogP contribution in [0.25, 0.3) is 0 Å². The fraction of sp³-hybridized carbons (Fsp3) is 0.583. The van der Waals surface area contributed by atoms with E-state index < -0.39 is 17.2 Å². The van der Waals surface area contributed by atoms with Crippen molar-refractivity contribution in [2.45, 2.75) is 38.8 Å². The standard InChI is InChI=1S/C12H18N2O3S/c1-11(2,3)17-10(16)14(5)12(4,7-15)9-6-18-8-13-9/h6-8H,1-5H3. The van der Waals surface area contributed by atoms with Gasteiger partial charge < -0.3 is 9.53 Å². The summed E-state index contributed by atoms with van der Waals surface area (Å²) >= 11 is 1.38. The number of ether oxygens (including phenoxy) is 1. The molecule has 6 heteroatoms. The molecule has 0 radical (unpaired) electrons. The molecule has 1 amide bonds. The van der Waals surface area contributed by atoms with Crippen molar-refractivity contribution < 1.29 is 14.3 Å². The molecule has 0 aliphatic heterocycles. The van der Waals surface area contributed by atoms with Crippen molar-refractivity contribution in [3.8, 4) is 0 Å². The summed E-state index contributed by atoms with van der Waals surface area (Å²) in [5, 5.41) is 1.75. The van der Waals surface area contributed by atoms with E-state index in [1.54, 1.807) is 38.6 Å². The van der Waals surface area contributed by atoms with Gasteiger partial charge in [0.05, 0.1) is 11.2 Å². The summed E-state index contributed by atoms with van der Waals surface area (Å²) in [5.41, 5.74) is 0.454. The van der Waals surface area contributed by atoms with Crippen LogP contribution in [-0.2, 0) is 15.1 Å². The third kappa shape index (κ3) is 3.07. The van der Waals surface area contributed by atoms with E-state index in [0.29, 0.717) is 12.0 Å². The molecule has 1 heterocycles. The molecular weight excluding hydrogens is 252 g/mol. The lowest BCUT2D eigenvalue weighted by Gasteiger charge is -2.34. The van der Waals surface area contributed by atoms with Crippen LogP contribution in [0.1, 0.15) is 33.4 Å². The quantitative estimate of drug-likeness (QED) is 0.791. The second-order valence-electron chi connectivity index (χ2n) is 5.18. The van der Waals surface area contributed by atoms with Crippen LogP contribution < -0.4 is 0 Å². The summed E-state index contributed by atoms with van der Waals surface area (Å²) in [6, 6.07) is 0. The number of hydrogen-bond acceptors (Lipinski definition) is 5. The molecule has 1 atom stereocenters. The molecule has 1 rings (SSSR count). The number of nitrogens with zero attached hydrogens (tertiary/aromatic N) is 2. The van der Waals surface area contributed by atoms with Gasteiger partial charge in [0.2, 0.25) is 0 Å². The smallest absolute Gasteiger partial charge is 0.411 e. The van der Waals surface area contributed by atoms with Gasteiger partial charge in [-0.1, -0.05) is 0 Å². The number of hydrogen-bond donors (Lipinski definition) is 0. The molecule has 0 N–H and O–H groups in total. The molecular formula is C12H18N2O3S. The maximum absolute atomic E-state index is 12.0. The van der Waals surface area contributed by atoms with Crippen molar-refractivity contribution in [1.82, 2.24) is 9.88 Å². The van der Waals surface area contributed by atoms with E-state index in [0.717, 1.165) is 0 Å². The lowest BCUT2D eigenvalue weighted by atomic mass is 9.99. The van der Waals surface area contributed by atoms with Gasteiger partial charge in [0.25, 0.3) is 0 Å². The monoisotopic (exact) mass is 270 g/mol. The average molecular weight is 270 g/mol. The van der Waals surface area contributed by atoms with E-state index in [-0.39, 0.29) is 0 Å². The summed E-state index contributed by atoms with van der Waals surface area (Å²) in [7, 11) is 1.53. The van der Waals surface area contributed by atoms with Gasteiger partial charge in [-0.2, -0.15) is 0 Å². The number of amides is 1. The zero-order valence-corrected chi connectivity index (χ0v) is 12.1. The SMILES string of the molecule is CN(C(=O)OC(C)(C)C)C(C)(C=O)c1cscn1. The lowest BCUT2D eigenvalue weighted by Crippen LogP contribution is -2.48. The Morgan fingerprint density at radius 2 is 2.06 bits per heavy atom. The number of rotatable bonds is 3. The first-order chi connectivity index (χ1) is 8.20. The normalized spacial score (nSPS) is 14.7. The Kier molecular flexibility index (Phi) is 4.11. The van der Waals surface area contributed by atoms with Gasteiger partial charge in [-0.15, -0.1) is 11.3 Å². The summed E-state index contributed by atoms with van der Waals surface area (Å²) in [6.45, 7) is 6.97. The molecule has 18 heavy (non-hydrogen) atoms. The number of carbonyl (C=O) groups excluding carboxylic acids is 2. The van der Waals surface area contributed by atoms with Crippen molar-refractivity contribution in [1.29, 1.82) is 0 Å².